The van der Waals surface area contributed by atoms with Crippen molar-refractivity contribution < 1.29 is 0 Å². The van der Waals surface area contributed by atoms with E-state index >= 15 is 0 Å². The van der Waals surface area contributed by atoms with Crippen LogP contribution in [0.1, 0.15) is 0 Å². The first kappa shape index (κ1) is 23.7. The molecule has 0 radical (unpaired) electrons. The molecule has 2 heteroatoms. The molecule has 0 aliphatic heterocycles. The van der Waals surface area contributed by atoms with E-state index in [0.29, 0.717) is 0 Å². The molecule has 0 amide bonds. The summed E-state index contributed by atoms with van der Waals surface area (Å²) in [6.07, 6.45) is 0. The van der Waals surface area contributed by atoms with Crippen LogP contribution >= 0.6 is 0 Å². The molecule has 0 spiro atoms. The van der Waals surface area contributed by atoms with Crippen LogP contribution in [0, 0.1) is 0 Å². The van der Waals surface area contributed by atoms with Gasteiger partial charge in [-0.15, -0.1) is 0 Å². The second-order valence-corrected chi connectivity index (χ2v) is 11.8. The minimum atomic E-state index is 1.17. The lowest BCUT2D eigenvalue weighted by Gasteiger charge is -2.14. The first-order valence-corrected chi connectivity index (χ1v) is 15.2. The van der Waals surface area contributed by atoms with Crippen molar-refractivity contribution in [3.05, 3.63) is 158 Å². The van der Waals surface area contributed by atoms with E-state index in [-0.39, 0.29) is 0 Å². The van der Waals surface area contributed by atoms with Gasteiger partial charge in [-0.05, 0) is 57.3 Å². The van der Waals surface area contributed by atoms with Crippen molar-refractivity contribution in [2.24, 2.45) is 0 Å². The van der Waals surface area contributed by atoms with Gasteiger partial charge >= 0.3 is 0 Å². The summed E-state index contributed by atoms with van der Waals surface area (Å²) >= 11 is 0. The average molecular weight is 559 g/mol. The van der Waals surface area contributed by atoms with Crippen molar-refractivity contribution >= 4 is 75.9 Å². The highest BCUT2D eigenvalue weighted by Crippen LogP contribution is 2.44. The van der Waals surface area contributed by atoms with Crippen molar-refractivity contribution in [1.29, 1.82) is 0 Å². The highest BCUT2D eigenvalue weighted by atomic mass is 15.0. The minimum Gasteiger partial charge on any atom is -0.307 e. The van der Waals surface area contributed by atoms with E-state index in [1.807, 2.05) is 0 Å². The molecule has 10 aromatic rings. The largest absolute Gasteiger partial charge is 0.307 e. The summed E-state index contributed by atoms with van der Waals surface area (Å²) < 4.78 is 5.01. The molecule has 2 aromatic heterocycles. The summed E-state index contributed by atoms with van der Waals surface area (Å²) in [7, 11) is 0. The van der Waals surface area contributed by atoms with Gasteiger partial charge in [0.1, 0.15) is 0 Å². The molecule has 0 bridgehead atoms. The van der Waals surface area contributed by atoms with Gasteiger partial charge < -0.3 is 9.13 Å². The standard InChI is InChI=1S/C42H26N2/c1-2-13-30-26-31(22-20-27(30)10-1)43-39-25-21-29-12-4-6-16-33(29)40(39)36-24-23-35-34-17-7-8-18-38(34)44(41(35)42(36)43)37-19-9-14-28-11-3-5-15-32(28)37/h1-26H. The van der Waals surface area contributed by atoms with Crippen LogP contribution in [0.25, 0.3) is 87.3 Å². The first-order chi connectivity index (χ1) is 21.8. The van der Waals surface area contributed by atoms with Gasteiger partial charge in [-0.1, -0.05) is 127 Å². The molecule has 0 aliphatic carbocycles. The zero-order valence-electron chi connectivity index (χ0n) is 23.9. The van der Waals surface area contributed by atoms with Gasteiger partial charge in [-0.2, -0.15) is 0 Å². The molecule has 10 rings (SSSR count). The lowest BCUT2D eigenvalue weighted by Crippen LogP contribution is -1.99. The summed E-state index contributed by atoms with van der Waals surface area (Å²) in [6, 6.07) is 57.8. The molecule has 0 saturated carbocycles. The number of benzene rings is 8. The van der Waals surface area contributed by atoms with E-state index in [0.717, 1.165) is 0 Å². The van der Waals surface area contributed by atoms with Crippen molar-refractivity contribution in [2.75, 3.05) is 0 Å². The predicted molar refractivity (Wildman–Crippen MR) is 188 cm³/mol. The van der Waals surface area contributed by atoms with E-state index in [1.165, 1.54) is 87.3 Å². The smallest absolute Gasteiger partial charge is 0.0789 e. The lowest BCUT2D eigenvalue weighted by atomic mass is 10.0. The fourth-order valence-electron chi connectivity index (χ4n) is 7.56. The van der Waals surface area contributed by atoms with E-state index in [9.17, 15) is 0 Å². The highest BCUT2D eigenvalue weighted by molar-refractivity contribution is 6.28. The van der Waals surface area contributed by atoms with Crippen LogP contribution in [0.5, 0.6) is 0 Å². The second kappa shape index (κ2) is 8.82. The van der Waals surface area contributed by atoms with Gasteiger partial charge in [-0.3, -0.25) is 0 Å². The normalized spacial score (nSPS) is 12.1. The first-order valence-electron chi connectivity index (χ1n) is 15.2. The molecule has 0 aliphatic rings. The van der Waals surface area contributed by atoms with Gasteiger partial charge in [0, 0.05) is 32.6 Å². The third kappa shape index (κ3) is 3.14. The van der Waals surface area contributed by atoms with E-state index < -0.39 is 0 Å². The molecule has 0 N–H and O–H groups in total. The van der Waals surface area contributed by atoms with Crippen molar-refractivity contribution in [1.82, 2.24) is 9.13 Å². The quantitative estimate of drug-likeness (QED) is 0.200. The van der Waals surface area contributed by atoms with Crippen molar-refractivity contribution in [2.45, 2.75) is 0 Å². The Bertz CT molecular complexity index is 2770. The molecule has 0 unspecified atom stereocenters. The van der Waals surface area contributed by atoms with Crippen LogP contribution in [0.4, 0.5) is 0 Å². The molecular formula is C42H26N2. The molecule has 0 saturated heterocycles. The summed E-state index contributed by atoms with van der Waals surface area (Å²) in [6.45, 7) is 0. The van der Waals surface area contributed by atoms with Crippen molar-refractivity contribution in [3.63, 3.8) is 0 Å². The number of aromatic nitrogens is 2. The molecule has 0 fully saturated rings. The molecule has 2 heterocycles. The molecule has 8 aromatic carbocycles. The Morgan fingerprint density at radius 1 is 0.318 bits per heavy atom. The zero-order chi connectivity index (χ0) is 28.8. The van der Waals surface area contributed by atoms with Crippen LogP contribution in [-0.2, 0) is 0 Å². The topological polar surface area (TPSA) is 9.86 Å². The third-order valence-electron chi connectivity index (χ3n) is 9.45. The SMILES string of the molecule is c1ccc2cc(-n3c4ccc5ccccc5c4c4ccc5c6ccccc6n(-c6cccc7ccccc67)c5c43)ccc2c1. The Morgan fingerprint density at radius 3 is 1.80 bits per heavy atom. The van der Waals surface area contributed by atoms with Crippen molar-refractivity contribution in [3.8, 4) is 11.4 Å². The Balaban J connectivity index is 1.49. The fourth-order valence-corrected chi connectivity index (χ4v) is 7.56. The van der Waals surface area contributed by atoms with Crippen LogP contribution in [0.2, 0.25) is 0 Å². The van der Waals surface area contributed by atoms with Crippen LogP contribution in [0.15, 0.2) is 158 Å². The maximum atomic E-state index is 2.51. The van der Waals surface area contributed by atoms with Crippen LogP contribution < -0.4 is 0 Å². The van der Waals surface area contributed by atoms with E-state index in [4.69, 9.17) is 0 Å². The Kier molecular flexibility index (Phi) is 4.75. The van der Waals surface area contributed by atoms with Gasteiger partial charge in [0.2, 0.25) is 0 Å². The predicted octanol–water partition coefficient (Wildman–Crippen LogP) is 11.3. The van der Waals surface area contributed by atoms with Gasteiger partial charge in [0.25, 0.3) is 0 Å². The summed E-state index contributed by atoms with van der Waals surface area (Å²) in [5, 5.41) is 12.6. The summed E-state index contributed by atoms with van der Waals surface area (Å²) in [5.41, 5.74) is 7.26. The fraction of sp³-hybridized carbons (Fsp3) is 0. The average Bonchev–Trinajstić information content (AvgIpc) is 3.61. The monoisotopic (exact) mass is 558 g/mol. The Hall–Kier alpha value is -5.86. The third-order valence-corrected chi connectivity index (χ3v) is 9.45. The lowest BCUT2D eigenvalue weighted by molar-refractivity contribution is 1.16. The highest BCUT2D eigenvalue weighted by Gasteiger charge is 2.22. The minimum absolute atomic E-state index is 1.17. The molecule has 204 valence electrons. The second-order valence-electron chi connectivity index (χ2n) is 11.8. The van der Waals surface area contributed by atoms with E-state index in [2.05, 4.69) is 167 Å². The van der Waals surface area contributed by atoms with Gasteiger partial charge in [0.15, 0.2) is 0 Å². The number of hydrogen-bond acceptors (Lipinski definition) is 0. The number of para-hydroxylation sites is 1. The molecular weight excluding hydrogens is 532 g/mol. The molecule has 0 atom stereocenters. The molecule has 2 nitrogen and oxygen atoms in total. The Morgan fingerprint density at radius 2 is 0.932 bits per heavy atom. The number of rotatable bonds is 2. The number of fused-ring (bicyclic) bond motifs is 11. The Labute approximate surface area is 253 Å². The maximum absolute atomic E-state index is 2.51. The van der Waals surface area contributed by atoms with Gasteiger partial charge in [-0.25, -0.2) is 0 Å². The molecule has 44 heavy (non-hydrogen) atoms. The van der Waals surface area contributed by atoms with Crippen LogP contribution in [-0.4, -0.2) is 9.13 Å². The summed E-state index contributed by atoms with van der Waals surface area (Å²) in [5.74, 6) is 0. The van der Waals surface area contributed by atoms with Gasteiger partial charge in [0.05, 0.1) is 27.8 Å². The zero-order valence-corrected chi connectivity index (χ0v) is 23.9. The maximum Gasteiger partial charge on any atom is 0.0789 e. The number of hydrogen-bond donors (Lipinski definition) is 0. The number of nitrogens with zero attached hydrogens (tertiary/aromatic N) is 2. The summed E-state index contributed by atoms with van der Waals surface area (Å²) in [4.78, 5) is 0. The van der Waals surface area contributed by atoms with E-state index in [1.54, 1.807) is 0 Å². The van der Waals surface area contributed by atoms with Crippen LogP contribution in [0.3, 0.4) is 0 Å².